The monoisotopic (exact) mass is 249 g/mol. The minimum absolute atomic E-state index is 0.0889. The summed E-state index contributed by atoms with van der Waals surface area (Å²) < 4.78 is 0. The average molecular weight is 249 g/mol. The zero-order valence-electron chi connectivity index (χ0n) is 11.5. The van der Waals surface area contributed by atoms with Gasteiger partial charge in [0.15, 0.2) is 0 Å². The Balaban J connectivity index is 1.85. The molecule has 0 bridgehead atoms. The second-order valence-electron chi connectivity index (χ2n) is 5.29. The summed E-state index contributed by atoms with van der Waals surface area (Å²) >= 11 is 0. The van der Waals surface area contributed by atoms with Crippen molar-refractivity contribution >= 4 is 5.91 Å². The molecule has 0 spiro atoms. The number of hydrogen-bond donors (Lipinski definition) is 3. The van der Waals surface area contributed by atoms with Crippen molar-refractivity contribution in [2.24, 2.45) is 5.92 Å². The van der Waals surface area contributed by atoms with E-state index in [1.54, 1.807) is 7.05 Å². The van der Waals surface area contributed by atoms with Crippen molar-refractivity contribution in [3.63, 3.8) is 0 Å². The maximum Gasteiger partial charge on any atom is 0.236 e. The average Bonchev–Trinajstić information content (AvgIpc) is 2.76. The number of aromatic amines is 1. The predicted molar refractivity (Wildman–Crippen MR) is 72.6 cm³/mol. The lowest BCUT2D eigenvalue weighted by atomic mass is 9.86. The summed E-state index contributed by atoms with van der Waals surface area (Å²) in [7, 11) is 1.80. The zero-order valence-corrected chi connectivity index (χ0v) is 11.5. The van der Waals surface area contributed by atoms with Crippen LogP contribution in [0.3, 0.4) is 0 Å². The molecule has 2 rings (SSSR count). The van der Waals surface area contributed by atoms with Crippen LogP contribution >= 0.6 is 0 Å². The molecule has 0 fully saturated rings. The van der Waals surface area contributed by atoms with E-state index in [1.807, 2.05) is 6.92 Å². The molecule has 2 unspecified atom stereocenters. The quantitative estimate of drug-likeness (QED) is 0.750. The molecule has 1 aliphatic carbocycles. The Morgan fingerprint density at radius 1 is 1.61 bits per heavy atom. The molecular weight excluding hydrogens is 226 g/mol. The molecule has 1 amide bonds. The van der Waals surface area contributed by atoms with Crippen LogP contribution in [0.5, 0.6) is 0 Å². The molecule has 0 radical (unpaired) electrons. The van der Waals surface area contributed by atoms with E-state index in [9.17, 15) is 4.79 Å². The smallest absolute Gasteiger partial charge is 0.236 e. The van der Waals surface area contributed by atoms with Gasteiger partial charge in [0.1, 0.15) is 0 Å². The number of H-pyrrole nitrogens is 1. The van der Waals surface area contributed by atoms with Gasteiger partial charge in [-0.3, -0.25) is 4.79 Å². The molecule has 3 N–H and O–H groups in total. The molecule has 1 aromatic rings. The molecular formula is C14H23N3O. The normalized spacial score (nSPS) is 20.3. The Hall–Kier alpha value is -1.29. The number of nitrogens with one attached hydrogen (secondary N) is 3. The third-order valence-electron chi connectivity index (χ3n) is 3.99. The van der Waals surface area contributed by atoms with Gasteiger partial charge in [0.05, 0.1) is 6.04 Å². The van der Waals surface area contributed by atoms with E-state index in [0.717, 1.165) is 19.4 Å². The van der Waals surface area contributed by atoms with Crippen LogP contribution in [0.4, 0.5) is 0 Å². The Morgan fingerprint density at radius 2 is 2.39 bits per heavy atom. The molecule has 2 atom stereocenters. The van der Waals surface area contributed by atoms with Gasteiger partial charge in [-0.25, -0.2) is 0 Å². The zero-order chi connectivity index (χ0) is 13.1. The number of hydrogen-bond acceptors (Lipinski definition) is 2. The van der Waals surface area contributed by atoms with Crippen molar-refractivity contribution in [3.8, 4) is 0 Å². The lowest BCUT2D eigenvalue weighted by Gasteiger charge is -2.23. The highest BCUT2D eigenvalue weighted by atomic mass is 16.2. The first-order valence-corrected chi connectivity index (χ1v) is 6.72. The number of amides is 1. The van der Waals surface area contributed by atoms with Crippen LogP contribution in [0.2, 0.25) is 0 Å². The molecule has 4 heteroatoms. The number of likely N-dealkylation sites (N-methyl/N-ethyl adjacent to an activating group) is 1. The van der Waals surface area contributed by atoms with E-state index in [2.05, 4.69) is 28.7 Å². The van der Waals surface area contributed by atoms with Gasteiger partial charge < -0.3 is 15.6 Å². The summed E-state index contributed by atoms with van der Waals surface area (Å²) in [4.78, 5) is 15.0. The first kappa shape index (κ1) is 13.1. The standard InChI is InChI=1S/C14H23N3O/c1-9-7-16-13-6-11(4-5-12(9)13)8-17-14(18)10(2)15-3/h7,10-11,15-16H,4-6,8H2,1-3H3,(H,17,18). The van der Waals surface area contributed by atoms with Crippen molar-refractivity contribution in [2.75, 3.05) is 13.6 Å². The van der Waals surface area contributed by atoms with Gasteiger partial charge in [-0.05, 0) is 57.2 Å². The minimum atomic E-state index is -0.114. The number of aryl methyl sites for hydroxylation is 1. The second kappa shape index (κ2) is 5.57. The Kier molecular flexibility index (Phi) is 4.07. The van der Waals surface area contributed by atoms with Crippen LogP contribution in [-0.4, -0.2) is 30.5 Å². The van der Waals surface area contributed by atoms with Crippen molar-refractivity contribution in [1.82, 2.24) is 15.6 Å². The number of carbonyl (C=O) groups is 1. The molecule has 4 nitrogen and oxygen atoms in total. The topological polar surface area (TPSA) is 56.9 Å². The van der Waals surface area contributed by atoms with E-state index in [-0.39, 0.29) is 11.9 Å². The van der Waals surface area contributed by atoms with Crippen LogP contribution in [0, 0.1) is 12.8 Å². The fraction of sp³-hybridized carbons (Fsp3) is 0.643. The Morgan fingerprint density at radius 3 is 3.11 bits per heavy atom. The van der Waals surface area contributed by atoms with Crippen molar-refractivity contribution in [2.45, 2.75) is 39.2 Å². The molecule has 0 saturated carbocycles. The van der Waals surface area contributed by atoms with E-state index in [0.29, 0.717) is 5.92 Å². The van der Waals surface area contributed by atoms with Crippen molar-refractivity contribution in [1.29, 1.82) is 0 Å². The van der Waals surface area contributed by atoms with Gasteiger partial charge in [-0.15, -0.1) is 0 Å². The fourth-order valence-electron chi connectivity index (χ4n) is 2.58. The maximum absolute atomic E-state index is 11.7. The number of carbonyl (C=O) groups excluding carboxylic acids is 1. The second-order valence-corrected chi connectivity index (χ2v) is 5.29. The van der Waals surface area contributed by atoms with Gasteiger partial charge in [0, 0.05) is 18.4 Å². The number of fused-ring (bicyclic) bond motifs is 1. The van der Waals surface area contributed by atoms with Gasteiger partial charge >= 0.3 is 0 Å². The van der Waals surface area contributed by atoms with Crippen molar-refractivity contribution < 1.29 is 4.79 Å². The number of aromatic nitrogens is 1. The summed E-state index contributed by atoms with van der Waals surface area (Å²) in [6.07, 6.45) is 5.44. The van der Waals surface area contributed by atoms with Crippen LogP contribution in [0.25, 0.3) is 0 Å². The summed E-state index contributed by atoms with van der Waals surface area (Å²) in [6.45, 7) is 4.82. The SMILES string of the molecule is CNC(C)C(=O)NCC1CCc2c(C)c[nH]c2C1. The highest BCUT2D eigenvalue weighted by Crippen LogP contribution is 2.26. The summed E-state index contributed by atoms with van der Waals surface area (Å²) in [6, 6.07) is -0.114. The van der Waals surface area contributed by atoms with E-state index in [4.69, 9.17) is 0 Å². The largest absolute Gasteiger partial charge is 0.364 e. The molecule has 100 valence electrons. The highest BCUT2D eigenvalue weighted by molar-refractivity contribution is 5.81. The molecule has 1 heterocycles. The van der Waals surface area contributed by atoms with Gasteiger partial charge in [-0.1, -0.05) is 0 Å². The Labute approximate surface area is 109 Å². The van der Waals surface area contributed by atoms with E-state index < -0.39 is 0 Å². The summed E-state index contributed by atoms with van der Waals surface area (Å²) in [5, 5.41) is 5.98. The fourth-order valence-corrected chi connectivity index (χ4v) is 2.58. The van der Waals surface area contributed by atoms with E-state index in [1.165, 1.54) is 23.2 Å². The van der Waals surface area contributed by atoms with Gasteiger partial charge in [0.2, 0.25) is 5.91 Å². The summed E-state index contributed by atoms with van der Waals surface area (Å²) in [5.41, 5.74) is 4.22. The van der Waals surface area contributed by atoms with Crippen molar-refractivity contribution in [3.05, 3.63) is 23.0 Å². The lowest BCUT2D eigenvalue weighted by Crippen LogP contribution is -2.42. The molecule has 1 aromatic heterocycles. The molecule has 0 aliphatic heterocycles. The molecule has 0 aromatic carbocycles. The maximum atomic E-state index is 11.7. The summed E-state index contributed by atoms with van der Waals surface area (Å²) in [5.74, 6) is 0.648. The highest BCUT2D eigenvalue weighted by Gasteiger charge is 2.22. The van der Waals surface area contributed by atoms with Crippen LogP contribution in [-0.2, 0) is 17.6 Å². The van der Waals surface area contributed by atoms with Gasteiger partial charge in [-0.2, -0.15) is 0 Å². The lowest BCUT2D eigenvalue weighted by molar-refractivity contribution is -0.122. The minimum Gasteiger partial charge on any atom is -0.364 e. The molecule has 18 heavy (non-hydrogen) atoms. The third kappa shape index (κ3) is 2.75. The van der Waals surface area contributed by atoms with E-state index >= 15 is 0 Å². The van der Waals surface area contributed by atoms with Crippen LogP contribution < -0.4 is 10.6 Å². The number of rotatable bonds is 4. The first-order valence-electron chi connectivity index (χ1n) is 6.72. The van der Waals surface area contributed by atoms with Gasteiger partial charge in [0.25, 0.3) is 0 Å². The first-order chi connectivity index (χ1) is 8.61. The van der Waals surface area contributed by atoms with Crippen LogP contribution in [0.1, 0.15) is 30.2 Å². The van der Waals surface area contributed by atoms with Crippen LogP contribution in [0.15, 0.2) is 6.20 Å². The molecule has 1 aliphatic rings. The predicted octanol–water partition coefficient (Wildman–Crippen LogP) is 1.15. The molecule has 0 saturated heterocycles. The Bertz CT molecular complexity index is 425. The third-order valence-corrected chi connectivity index (χ3v) is 3.99.